The number of nitrogens with two attached hydrogens (primary N) is 1. The Labute approximate surface area is 114 Å². The third-order valence-corrected chi connectivity index (χ3v) is 4.02. The number of halogens is 1. The van der Waals surface area contributed by atoms with Gasteiger partial charge in [0.15, 0.2) is 0 Å². The Morgan fingerprint density at radius 2 is 2.00 bits per heavy atom. The molecule has 2 nitrogen and oxygen atoms in total. The lowest BCUT2D eigenvalue weighted by molar-refractivity contribution is 0.340. The van der Waals surface area contributed by atoms with Gasteiger partial charge in [0.2, 0.25) is 0 Å². The minimum Gasteiger partial charge on any atom is -0.494 e. The first kappa shape index (κ1) is 12.6. The van der Waals surface area contributed by atoms with Crippen LogP contribution in [0.25, 0.3) is 0 Å². The lowest BCUT2D eigenvalue weighted by atomic mass is 10.0. The van der Waals surface area contributed by atoms with Crippen LogP contribution in [-0.4, -0.2) is 6.61 Å². The van der Waals surface area contributed by atoms with Crippen molar-refractivity contribution in [3.63, 3.8) is 0 Å². The fourth-order valence-corrected chi connectivity index (χ4v) is 2.83. The van der Waals surface area contributed by atoms with E-state index in [-0.39, 0.29) is 6.04 Å². The van der Waals surface area contributed by atoms with E-state index in [1.807, 2.05) is 31.2 Å². The van der Waals surface area contributed by atoms with Crippen molar-refractivity contribution in [2.75, 3.05) is 6.61 Å². The number of hydrogen-bond acceptors (Lipinski definition) is 3. The minimum absolute atomic E-state index is 0.0757. The molecule has 1 atom stereocenters. The molecule has 0 amide bonds. The summed E-state index contributed by atoms with van der Waals surface area (Å²) >= 11 is 5.10. The molecule has 2 rings (SSSR count). The van der Waals surface area contributed by atoms with Crippen molar-refractivity contribution >= 4 is 27.3 Å². The molecule has 0 fully saturated rings. The molecule has 1 unspecified atom stereocenters. The average Bonchev–Trinajstić information content (AvgIpc) is 2.76. The summed E-state index contributed by atoms with van der Waals surface area (Å²) in [5.41, 5.74) is 8.43. The largest absolute Gasteiger partial charge is 0.494 e. The molecule has 17 heavy (non-hydrogen) atoms. The molecule has 2 aromatic rings. The van der Waals surface area contributed by atoms with Crippen LogP contribution in [0.15, 0.2) is 39.5 Å². The molecule has 0 saturated heterocycles. The Bertz CT molecular complexity index is 480. The first-order chi connectivity index (χ1) is 8.20. The highest BCUT2D eigenvalue weighted by molar-refractivity contribution is 9.11. The Kier molecular flexibility index (Phi) is 4.20. The number of benzene rings is 1. The quantitative estimate of drug-likeness (QED) is 0.927. The van der Waals surface area contributed by atoms with Gasteiger partial charge in [-0.05, 0) is 57.6 Å². The van der Waals surface area contributed by atoms with Crippen LogP contribution in [0.4, 0.5) is 0 Å². The van der Waals surface area contributed by atoms with E-state index in [9.17, 15) is 0 Å². The maximum absolute atomic E-state index is 6.20. The minimum atomic E-state index is -0.0757. The van der Waals surface area contributed by atoms with Gasteiger partial charge in [0, 0.05) is 0 Å². The van der Waals surface area contributed by atoms with Gasteiger partial charge < -0.3 is 10.5 Å². The molecule has 1 heterocycles. The molecule has 4 heteroatoms. The van der Waals surface area contributed by atoms with Gasteiger partial charge in [-0.15, -0.1) is 11.3 Å². The predicted molar refractivity (Wildman–Crippen MR) is 75.7 cm³/mol. The van der Waals surface area contributed by atoms with Crippen LogP contribution in [0.2, 0.25) is 0 Å². The highest BCUT2D eigenvalue weighted by Gasteiger charge is 2.10. The van der Waals surface area contributed by atoms with E-state index in [0.29, 0.717) is 6.61 Å². The fourth-order valence-electron chi connectivity index (χ4n) is 1.62. The zero-order valence-electron chi connectivity index (χ0n) is 9.52. The molecular formula is C13H14BrNOS. The molecule has 1 aromatic carbocycles. The van der Waals surface area contributed by atoms with Gasteiger partial charge >= 0.3 is 0 Å². The SMILES string of the molecule is CCOc1ccc(C(N)c2csc(Br)c2)cc1. The Morgan fingerprint density at radius 3 is 2.53 bits per heavy atom. The summed E-state index contributed by atoms with van der Waals surface area (Å²) in [5, 5.41) is 2.07. The van der Waals surface area contributed by atoms with E-state index in [1.165, 1.54) is 0 Å². The van der Waals surface area contributed by atoms with Gasteiger partial charge in [0.1, 0.15) is 5.75 Å². The molecular weight excluding hydrogens is 298 g/mol. The molecule has 2 N–H and O–H groups in total. The van der Waals surface area contributed by atoms with Crippen molar-refractivity contribution < 1.29 is 4.74 Å². The average molecular weight is 312 g/mol. The summed E-state index contributed by atoms with van der Waals surface area (Å²) in [7, 11) is 0. The van der Waals surface area contributed by atoms with Crippen LogP contribution in [0.1, 0.15) is 24.1 Å². The van der Waals surface area contributed by atoms with Gasteiger partial charge in [-0.3, -0.25) is 0 Å². The molecule has 0 aliphatic rings. The fraction of sp³-hybridized carbons (Fsp3) is 0.231. The second-order valence-corrected chi connectivity index (χ2v) is 5.95. The first-order valence-electron chi connectivity index (χ1n) is 5.43. The smallest absolute Gasteiger partial charge is 0.119 e. The van der Waals surface area contributed by atoms with Crippen LogP contribution in [0.5, 0.6) is 5.75 Å². The predicted octanol–water partition coefficient (Wildman–Crippen LogP) is 3.96. The molecule has 1 aromatic heterocycles. The summed E-state index contributed by atoms with van der Waals surface area (Å²) in [6.07, 6.45) is 0. The van der Waals surface area contributed by atoms with Gasteiger partial charge in [-0.1, -0.05) is 12.1 Å². The summed E-state index contributed by atoms with van der Waals surface area (Å²) in [4.78, 5) is 0. The van der Waals surface area contributed by atoms with Crippen molar-refractivity contribution in [3.05, 3.63) is 50.6 Å². The topological polar surface area (TPSA) is 35.2 Å². The van der Waals surface area contributed by atoms with Crippen LogP contribution in [0.3, 0.4) is 0 Å². The highest BCUT2D eigenvalue weighted by Crippen LogP contribution is 2.28. The molecule has 0 aliphatic heterocycles. The third-order valence-electron chi connectivity index (χ3n) is 2.50. The second kappa shape index (κ2) is 5.67. The summed E-state index contributed by atoms with van der Waals surface area (Å²) in [5.74, 6) is 0.884. The lowest BCUT2D eigenvalue weighted by Crippen LogP contribution is -2.10. The van der Waals surface area contributed by atoms with Crippen LogP contribution < -0.4 is 10.5 Å². The molecule has 0 radical (unpaired) electrons. The number of rotatable bonds is 4. The van der Waals surface area contributed by atoms with Crippen LogP contribution in [-0.2, 0) is 0 Å². The van der Waals surface area contributed by atoms with Crippen molar-refractivity contribution in [2.24, 2.45) is 5.73 Å². The van der Waals surface area contributed by atoms with Crippen molar-refractivity contribution in [1.29, 1.82) is 0 Å². The monoisotopic (exact) mass is 311 g/mol. The Hall–Kier alpha value is -0.840. The molecule has 0 bridgehead atoms. The van der Waals surface area contributed by atoms with E-state index in [2.05, 4.69) is 27.4 Å². The lowest BCUT2D eigenvalue weighted by Gasteiger charge is -2.11. The molecule has 0 saturated carbocycles. The van der Waals surface area contributed by atoms with E-state index in [4.69, 9.17) is 10.5 Å². The maximum atomic E-state index is 6.20. The van der Waals surface area contributed by atoms with Gasteiger partial charge in [-0.2, -0.15) is 0 Å². The molecule has 90 valence electrons. The highest BCUT2D eigenvalue weighted by atomic mass is 79.9. The van der Waals surface area contributed by atoms with Crippen LogP contribution >= 0.6 is 27.3 Å². The molecule has 0 spiro atoms. The van der Waals surface area contributed by atoms with Gasteiger partial charge in [0.25, 0.3) is 0 Å². The van der Waals surface area contributed by atoms with Gasteiger partial charge in [0.05, 0.1) is 16.4 Å². The Morgan fingerprint density at radius 1 is 1.29 bits per heavy atom. The normalized spacial score (nSPS) is 12.4. The van der Waals surface area contributed by atoms with Crippen molar-refractivity contribution in [1.82, 2.24) is 0 Å². The van der Waals surface area contributed by atoms with Gasteiger partial charge in [-0.25, -0.2) is 0 Å². The van der Waals surface area contributed by atoms with Crippen molar-refractivity contribution in [3.8, 4) is 5.75 Å². The first-order valence-corrected chi connectivity index (χ1v) is 7.10. The summed E-state index contributed by atoms with van der Waals surface area (Å²) in [6, 6.07) is 9.93. The maximum Gasteiger partial charge on any atom is 0.119 e. The van der Waals surface area contributed by atoms with E-state index < -0.39 is 0 Å². The van der Waals surface area contributed by atoms with E-state index in [1.54, 1.807) is 11.3 Å². The van der Waals surface area contributed by atoms with Crippen molar-refractivity contribution in [2.45, 2.75) is 13.0 Å². The zero-order chi connectivity index (χ0) is 12.3. The van der Waals surface area contributed by atoms with E-state index >= 15 is 0 Å². The van der Waals surface area contributed by atoms with E-state index in [0.717, 1.165) is 20.7 Å². The third kappa shape index (κ3) is 3.09. The molecule has 0 aliphatic carbocycles. The summed E-state index contributed by atoms with van der Waals surface area (Å²) in [6.45, 7) is 2.66. The zero-order valence-corrected chi connectivity index (χ0v) is 11.9. The standard InChI is InChI=1S/C13H14BrNOS/c1-2-16-11-5-3-9(4-6-11)13(15)10-7-12(14)17-8-10/h3-8,13H,2,15H2,1H3. The van der Waals surface area contributed by atoms with Crippen LogP contribution in [0, 0.1) is 0 Å². The number of hydrogen-bond donors (Lipinski definition) is 1. The number of thiophene rings is 1. The Balaban J connectivity index is 2.16. The summed E-state index contributed by atoms with van der Waals surface area (Å²) < 4.78 is 6.51. The second-order valence-electron chi connectivity index (χ2n) is 3.66. The number of ether oxygens (including phenoxy) is 1.